The Kier molecular flexibility index (Phi) is 6.90. The van der Waals surface area contributed by atoms with E-state index in [4.69, 9.17) is 19.9 Å². The van der Waals surface area contributed by atoms with Crippen molar-refractivity contribution < 1.29 is 0 Å². The van der Waals surface area contributed by atoms with E-state index < -0.39 is 0 Å². The Hall–Kier alpha value is -5.18. The highest BCUT2D eigenvalue weighted by Crippen LogP contribution is 2.53. The standard InChI is InChI=1S/C36H24N6S2/c1-7-19-37-25(13-1)31-33(27-15-3-9-21-39-27)41-23-11-5-17-29(41)35(31)43-44-36-30-18-6-12-24-42(30)34(28-16-4-10-22-40-28)32(36)26-14-2-8-20-38-26/h1-24H. The zero-order chi connectivity index (χ0) is 29.3. The van der Waals surface area contributed by atoms with E-state index in [1.165, 1.54) is 0 Å². The van der Waals surface area contributed by atoms with Crippen molar-refractivity contribution >= 4 is 32.6 Å². The molecule has 0 saturated heterocycles. The first-order chi connectivity index (χ1) is 21.9. The molecule has 6 nitrogen and oxygen atoms in total. The van der Waals surface area contributed by atoms with Gasteiger partial charge in [-0.05, 0) is 94.4 Å². The molecule has 210 valence electrons. The van der Waals surface area contributed by atoms with Crippen LogP contribution in [0.3, 0.4) is 0 Å². The second-order valence-electron chi connectivity index (χ2n) is 10.0. The molecular formula is C36H24N6S2. The van der Waals surface area contributed by atoms with Gasteiger partial charge in [0.05, 0.1) is 55.0 Å². The number of hydrogen-bond acceptors (Lipinski definition) is 6. The normalized spacial score (nSPS) is 11.4. The SMILES string of the molecule is c1ccc(-c2c(SSc3c(-c4ccccn4)c(-c4ccccn4)n4ccccc34)c3ccccn3c2-c2ccccn2)nc1. The van der Waals surface area contributed by atoms with Gasteiger partial charge in [-0.1, -0.05) is 36.4 Å². The fourth-order valence-corrected chi connectivity index (χ4v) is 8.37. The van der Waals surface area contributed by atoms with E-state index >= 15 is 0 Å². The van der Waals surface area contributed by atoms with E-state index in [1.54, 1.807) is 21.6 Å². The third-order valence-corrected chi connectivity index (χ3v) is 9.95. The minimum atomic E-state index is 0.895. The van der Waals surface area contributed by atoms with Crippen LogP contribution in [-0.4, -0.2) is 28.7 Å². The molecule has 0 atom stereocenters. The third-order valence-electron chi connectivity index (χ3n) is 7.46. The van der Waals surface area contributed by atoms with Crippen molar-refractivity contribution in [3.8, 4) is 45.3 Å². The Morgan fingerprint density at radius 3 is 1.11 bits per heavy atom. The second kappa shape index (κ2) is 11.5. The Bertz CT molecular complexity index is 2050. The van der Waals surface area contributed by atoms with Crippen molar-refractivity contribution in [2.24, 2.45) is 0 Å². The van der Waals surface area contributed by atoms with Crippen molar-refractivity contribution in [3.05, 3.63) is 146 Å². The molecule has 8 rings (SSSR count). The van der Waals surface area contributed by atoms with Gasteiger partial charge in [0.1, 0.15) is 0 Å². The van der Waals surface area contributed by atoms with Gasteiger partial charge < -0.3 is 8.80 Å². The van der Waals surface area contributed by atoms with Gasteiger partial charge in [-0.25, -0.2) is 0 Å². The first-order valence-electron chi connectivity index (χ1n) is 14.1. The maximum Gasteiger partial charge on any atom is 0.0877 e. The summed E-state index contributed by atoms with van der Waals surface area (Å²) in [6.07, 6.45) is 11.6. The molecule has 0 saturated carbocycles. The molecule has 8 heterocycles. The first-order valence-corrected chi connectivity index (χ1v) is 16.3. The molecule has 0 aliphatic rings. The van der Waals surface area contributed by atoms with Crippen molar-refractivity contribution in [2.45, 2.75) is 9.79 Å². The molecule has 0 aromatic carbocycles. The molecule has 0 aliphatic carbocycles. The highest BCUT2D eigenvalue weighted by Gasteiger charge is 2.27. The lowest BCUT2D eigenvalue weighted by atomic mass is 10.1. The predicted molar refractivity (Wildman–Crippen MR) is 179 cm³/mol. The van der Waals surface area contributed by atoms with Gasteiger partial charge in [0.2, 0.25) is 0 Å². The fourth-order valence-electron chi connectivity index (χ4n) is 5.62. The summed E-state index contributed by atoms with van der Waals surface area (Å²) in [5, 5.41) is 0. The largest absolute Gasteiger partial charge is 0.313 e. The van der Waals surface area contributed by atoms with Gasteiger partial charge in [-0.2, -0.15) is 0 Å². The molecule has 0 amide bonds. The van der Waals surface area contributed by atoms with Gasteiger partial charge in [-0.3, -0.25) is 19.9 Å². The summed E-state index contributed by atoms with van der Waals surface area (Å²) in [5.74, 6) is 0. The second-order valence-corrected chi connectivity index (χ2v) is 12.2. The van der Waals surface area contributed by atoms with Gasteiger partial charge in [-0.15, -0.1) is 0 Å². The monoisotopic (exact) mass is 604 g/mol. The minimum absolute atomic E-state index is 0.895. The van der Waals surface area contributed by atoms with Crippen LogP contribution in [0, 0.1) is 0 Å². The van der Waals surface area contributed by atoms with Crippen LogP contribution in [0.5, 0.6) is 0 Å². The molecule has 0 bridgehead atoms. The van der Waals surface area contributed by atoms with Gasteiger partial charge in [0, 0.05) is 48.3 Å². The van der Waals surface area contributed by atoms with Crippen molar-refractivity contribution in [1.29, 1.82) is 0 Å². The summed E-state index contributed by atoms with van der Waals surface area (Å²) < 4.78 is 4.46. The molecule has 0 N–H and O–H groups in total. The van der Waals surface area contributed by atoms with Crippen LogP contribution in [0.4, 0.5) is 0 Å². The van der Waals surface area contributed by atoms with Gasteiger partial charge in [0.25, 0.3) is 0 Å². The lowest BCUT2D eigenvalue weighted by molar-refractivity contribution is 1.17. The average Bonchev–Trinajstić information content (AvgIpc) is 3.62. The predicted octanol–water partition coefficient (Wildman–Crippen LogP) is 9.24. The molecule has 0 fully saturated rings. The molecular weight excluding hydrogens is 581 g/mol. The van der Waals surface area contributed by atoms with E-state index in [-0.39, 0.29) is 0 Å². The van der Waals surface area contributed by atoms with Gasteiger partial charge in [0.15, 0.2) is 0 Å². The quantitative estimate of drug-likeness (QED) is 0.169. The summed E-state index contributed by atoms with van der Waals surface area (Å²) >= 11 is 0. The number of hydrogen-bond donors (Lipinski definition) is 0. The molecule has 8 aromatic rings. The highest BCUT2D eigenvalue weighted by atomic mass is 33.1. The number of fused-ring (bicyclic) bond motifs is 2. The maximum atomic E-state index is 4.82. The average molecular weight is 605 g/mol. The summed E-state index contributed by atoms with van der Waals surface area (Å²) in [7, 11) is 3.48. The molecule has 0 aliphatic heterocycles. The van der Waals surface area contributed by atoms with Crippen LogP contribution in [0.25, 0.3) is 56.3 Å². The summed E-state index contributed by atoms with van der Waals surface area (Å²) in [6, 6.07) is 36.8. The first kappa shape index (κ1) is 26.4. The molecule has 0 radical (unpaired) electrons. The maximum absolute atomic E-state index is 4.82. The van der Waals surface area contributed by atoms with Crippen LogP contribution >= 0.6 is 21.6 Å². The summed E-state index contributed by atoms with van der Waals surface area (Å²) in [4.78, 5) is 21.4. The van der Waals surface area contributed by atoms with E-state index in [1.807, 2.05) is 73.3 Å². The Labute approximate surface area is 261 Å². The third kappa shape index (κ3) is 4.56. The van der Waals surface area contributed by atoms with E-state index in [0.717, 1.165) is 66.1 Å². The zero-order valence-electron chi connectivity index (χ0n) is 23.4. The van der Waals surface area contributed by atoms with E-state index in [9.17, 15) is 0 Å². The lowest BCUT2D eigenvalue weighted by Crippen LogP contribution is -1.92. The van der Waals surface area contributed by atoms with E-state index in [0.29, 0.717) is 0 Å². The van der Waals surface area contributed by atoms with Gasteiger partial charge >= 0.3 is 0 Å². The van der Waals surface area contributed by atoms with Crippen molar-refractivity contribution in [1.82, 2.24) is 28.7 Å². The van der Waals surface area contributed by atoms with Crippen LogP contribution in [0.2, 0.25) is 0 Å². The molecule has 8 heteroatoms. The van der Waals surface area contributed by atoms with Crippen LogP contribution in [0.15, 0.2) is 156 Å². The highest BCUT2D eigenvalue weighted by molar-refractivity contribution is 8.76. The fraction of sp³-hybridized carbons (Fsp3) is 0. The lowest BCUT2D eigenvalue weighted by Gasteiger charge is -2.09. The topological polar surface area (TPSA) is 60.4 Å². The summed E-state index contributed by atoms with van der Waals surface area (Å²) in [6.45, 7) is 0. The van der Waals surface area contributed by atoms with Crippen molar-refractivity contribution in [2.75, 3.05) is 0 Å². The number of pyridine rings is 6. The molecule has 44 heavy (non-hydrogen) atoms. The Morgan fingerprint density at radius 2 is 0.750 bits per heavy atom. The Balaban J connectivity index is 1.36. The van der Waals surface area contributed by atoms with Crippen molar-refractivity contribution in [3.63, 3.8) is 0 Å². The molecule has 0 unspecified atom stereocenters. The smallest absolute Gasteiger partial charge is 0.0877 e. The number of rotatable bonds is 7. The molecule has 0 spiro atoms. The van der Waals surface area contributed by atoms with E-state index in [2.05, 4.69) is 81.9 Å². The number of nitrogens with zero attached hydrogens (tertiary/aromatic N) is 6. The van der Waals surface area contributed by atoms with Crippen LogP contribution in [-0.2, 0) is 0 Å². The Morgan fingerprint density at radius 1 is 0.386 bits per heavy atom. The minimum Gasteiger partial charge on any atom is -0.313 e. The number of aromatic nitrogens is 6. The zero-order valence-corrected chi connectivity index (χ0v) is 25.0. The molecule has 8 aromatic heterocycles. The van der Waals surface area contributed by atoms with Crippen LogP contribution < -0.4 is 0 Å². The summed E-state index contributed by atoms with van der Waals surface area (Å²) in [5.41, 5.74) is 9.94. The van der Waals surface area contributed by atoms with Crippen LogP contribution in [0.1, 0.15) is 0 Å².